The summed E-state index contributed by atoms with van der Waals surface area (Å²) in [5, 5.41) is 8.71. The van der Waals surface area contributed by atoms with Crippen molar-refractivity contribution >= 4 is 11.8 Å². The van der Waals surface area contributed by atoms with Crippen LogP contribution in [0, 0.1) is 29.1 Å². The molecule has 0 aliphatic carbocycles. The number of primary amides is 1. The maximum Gasteiger partial charge on any atom is 0.227 e. The SMILES string of the molecule is CC(C)([CH]C(=O)N1CC[C@@H](C#N)C1)C(N)=O. The third-order valence-electron chi connectivity index (χ3n) is 2.80. The highest BCUT2D eigenvalue weighted by Crippen LogP contribution is 2.22. The lowest BCUT2D eigenvalue weighted by molar-refractivity contribution is -0.132. The van der Waals surface area contributed by atoms with Crippen molar-refractivity contribution in [3.8, 4) is 6.07 Å². The van der Waals surface area contributed by atoms with Crippen molar-refractivity contribution in [1.29, 1.82) is 5.26 Å². The number of carbonyl (C=O) groups excluding carboxylic acids is 2. The molecular formula is C11H16N3O2. The molecule has 1 fully saturated rings. The first-order chi connectivity index (χ1) is 7.36. The van der Waals surface area contributed by atoms with Gasteiger partial charge in [0.1, 0.15) is 0 Å². The second-order valence-corrected chi connectivity index (χ2v) is 4.63. The van der Waals surface area contributed by atoms with Crippen LogP contribution < -0.4 is 5.73 Å². The molecule has 1 saturated heterocycles. The third-order valence-corrected chi connectivity index (χ3v) is 2.80. The summed E-state index contributed by atoms with van der Waals surface area (Å²) in [5.74, 6) is -0.840. The van der Waals surface area contributed by atoms with Gasteiger partial charge < -0.3 is 10.6 Å². The second kappa shape index (κ2) is 4.52. The van der Waals surface area contributed by atoms with Crippen LogP contribution in [0.15, 0.2) is 0 Å². The van der Waals surface area contributed by atoms with E-state index < -0.39 is 11.3 Å². The Morgan fingerprint density at radius 2 is 2.19 bits per heavy atom. The topological polar surface area (TPSA) is 87.2 Å². The van der Waals surface area contributed by atoms with Gasteiger partial charge >= 0.3 is 0 Å². The van der Waals surface area contributed by atoms with Gasteiger partial charge in [0, 0.05) is 13.1 Å². The number of hydrogen-bond acceptors (Lipinski definition) is 3. The van der Waals surface area contributed by atoms with Crippen LogP contribution in [0.5, 0.6) is 0 Å². The van der Waals surface area contributed by atoms with Gasteiger partial charge in [0.2, 0.25) is 11.8 Å². The molecule has 0 aromatic heterocycles. The van der Waals surface area contributed by atoms with E-state index in [-0.39, 0.29) is 11.8 Å². The predicted molar refractivity (Wildman–Crippen MR) is 57.6 cm³/mol. The lowest BCUT2D eigenvalue weighted by Gasteiger charge is -2.23. The number of likely N-dealkylation sites (tertiary alicyclic amines) is 1. The Bertz CT molecular complexity index is 344. The fourth-order valence-corrected chi connectivity index (χ4v) is 1.54. The molecule has 1 atom stereocenters. The molecule has 1 rings (SSSR count). The summed E-state index contributed by atoms with van der Waals surface area (Å²) >= 11 is 0. The Hall–Kier alpha value is -1.57. The molecule has 1 radical (unpaired) electrons. The zero-order valence-electron chi connectivity index (χ0n) is 9.56. The standard InChI is InChI=1S/C11H16N3O2/c1-11(2,10(13)16)5-9(15)14-4-3-8(6-12)7-14/h5,8H,3-4,7H2,1-2H3,(H2,13,16)/t8-/m0/s1. The summed E-state index contributed by atoms with van der Waals surface area (Å²) in [7, 11) is 0. The minimum atomic E-state index is -0.943. The molecule has 1 aliphatic heterocycles. The number of hydrogen-bond donors (Lipinski definition) is 1. The molecule has 0 unspecified atom stereocenters. The summed E-state index contributed by atoms with van der Waals surface area (Å²) in [6.45, 7) is 4.22. The van der Waals surface area contributed by atoms with E-state index >= 15 is 0 Å². The fraction of sp³-hybridized carbons (Fsp3) is 0.636. The lowest BCUT2D eigenvalue weighted by atomic mass is 9.88. The van der Waals surface area contributed by atoms with Crippen molar-refractivity contribution in [3.63, 3.8) is 0 Å². The molecule has 1 heterocycles. The van der Waals surface area contributed by atoms with Gasteiger partial charge in [-0.3, -0.25) is 9.59 Å². The van der Waals surface area contributed by atoms with Gasteiger partial charge in [-0.05, 0) is 6.42 Å². The predicted octanol–water partition coefficient (Wildman–Crippen LogP) is 0.0743. The molecule has 16 heavy (non-hydrogen) atoms. The maximum atomic E-state index is 11.8. The Kier molecular flexibility index (Phi) is 3.53. The fourth-order valence-electron chi connectivity index (χ4n) is 1.54. The van der Waals surface area contributed by atoms with Crippen LogP contribution in [0.1, 0.15) is 20.3 Å². The van der Waals surface area contributed by atoms with Crippen molar-refractivity contribution in [2.24, 2.45) is 17.1 Å². The summed E-state index contributed by atoms with van der Waals surface area (Å²) in [4.78, 5) is 24.4. The third kappa shape index (κ3) is 2.72. The highest BCUT2D eigenvalue weighted by Gasteiger charge is 2.33. The van der Waals surface area contributed by atoms with Gasteiger partial charge in [-0.1, -0.05) is 13.8 Å². The van der Waals surface area contributed by atoms with E-state index in [4.69, 9.17) is 11.0 Å². The van der Waals surface area contributed by atoms with Crippen LogP contribution in [-0.4, -0.2) is 29.8 Å². The van der Waals surface area contributed by atoms with Crippen molar-refractivity contribution in [1.82, 2.24) is 4.90 Å². The summed E-state index contributed by atoms with van der Waals surface area (Å²) < 4.78 is 0. The van der Waals surface area contributed by atoms with Crippen LogP contribution in [0.3, 0.4) is 0 Å². The largest absolute Gasteiger partial charge is 0.369 e. The quantitative estimate of drug-likeness (QED) is 0.733. The van der Waals surface area contributed by atoms with Gasteiger partial charge in [-0.15, -0.1) is 0 Å². The maximum absolute atomic E-state index is 11.8. The zero-order chi connectivity index (χ0) is 12.3. The number of nitrogens with zero attached hydrogens (tertiary/aromatic N) is 2. The highest BCUT2D eigenvalue weighted by molar-refractivity contribution is 5.94. The van der Waals surface area contributed by atoms with E-state index in [9.17, 15) is 9.59 Å². The molecule has 2 N–H and O–H groups in total. The van der Waals surface area contributed by atoms with Gasteiger partial charge in [0.15, 0.2) is 0 Å². The van der Waals surface area contributed by atoms with Crippen LogP contribution in [-0.2, 0) is 9.59 Å². The smallest absolute Gasteiger partial charge is 0.227 e. The van der Waals surface area contributed by atoms with Crippen molar-refractivity contribution in [3.05, 3.63) is 6.42 Å². The Labute approximate surface area is 95.2 Å². The first-order valence-electron chi connectivity index (χ1n) is 5.21. The van der Waals surface area contributed by atoms with Crippen LogP contribution in [0.4, 0.5) is 0 Å². The van der Waals surface area contributed by atoms with E-state index in [1.54, 1.807) is 18.7 Å². The average Bonchev–Trinajstić information content (AvgIpc) is 2.64. The molecule has 87 valence electrons. The number of nitriles is 1. The molecule has 0 aromatic carbocycles. The van der Waals surface area contributed by atoms with E-state index in [1.165, 1.54) is 6.42 Å². The van der Waals surface area contributed by atoms with E-state index in [1.807, 2.05) is 0 Å². The summed E-state index contributed by atoms with van der Waals surface area (Å²) in [6.07, 6.45) is 2.03. The normalized spacial score (nSPS) is 20.6. The number of nitrogens with two attached hydrogens (primary N) is 1. The van der Waals surface area contributed by atoms with Gasteiger partial charge in [0.05, 0.1) is 23.8 Å². The van der Waals surface area contributed by atoms with E-state index in [2.05, 4.69) is 6.07 Å². The molecule has 0 spiro atoms. The molecule has 0 bridgehead atoms. The van der Waals surface area contributed by atoms with Crippen molar-refractivity contribution < 1.29 is 9.59 Å². The van der Waals surface area contributed by atoms with Crippen LogP contribution in [0.2, 0.25) is 0 Å². The van der Waals surface area contributed by atoms with Crippen LogP contribution >= 0.6 is 0 Å². The minimum absolute atomic E-state index is 0.0889. The molecule has 0 saturated carbocycles. The monoisotopic (exact) mass is 222 g/mol. The Balaban J connectivity index is 2.55. The summed E-state index contributed by atoms with van der Waals surface area (Å²) in [5.41, 5.74) is 4.23. The van der Waals surface area contributed by atoms with Crippen LogP contribution in [0.25, 0.3) is 0 Å². The Morgan fingerprint density at radius 3 is 2.62 bits per heavy atom. The van der Waals surface area contributed by atoms with Crippen molar-refractivity contribution in [2.45, 2.75) is 20.3 Å². The van der Waals surface area contributed by atoms with Gasteiger partial charge in [-0.2, -0.15) is 5.26 Å². The molecule has 1 aliphatic rings. The van der Waals surface area contributed by atoms with E-state index in [0.717, 1.165) is 0 Å². The molecule has 5 nitrogen and oxygen atoms in total. The van der Waals surface area contributed by atoms with E-state index in [0.29, 0.717) is 19.5 Å². The lowest BCUT2D eigenvalue weighted by Crippen LogP contribution is -2.39. The number of rotatable bonds is 3. The second-order valence-electron chi connectivity index (χ2n) is 4.63. The molecule has 2 amide bonds. The Morgan fingerprint density at radius 1 is 1.56 bits per heavy atom. The highest BCUT2D eigenvalue weighted by atomic mass is 16.2. The first kappa shape index (κ1) is 12.5. The van der Waals surface area contributed by atoms with Gasteiger partial charge in [-0.25, -0.2) is 0 Å². The number of amides is 2. The molecule has 5 heteroatoms. The van der Waals surface area contributed by atoms with Crippen molar-refractivity contribution in [2.75, 3.05) is 13.1 Å². The first-order valence-corrected chi connectivity index (χ1v) is 5.21. The zero-order valence-corrected chi connectivity index (χ0v) is 9.56. The average molecular weight is 222 g/mol. The van der Waals surface area contributed by atoms with Gasteiger partial charge in [0.25, 0.3) is 0 Å². The molecular weight excluding hydrogens is 206 g/mol. The summed E-state index contributed by atoms with van der Waals surface area (Å²) in [6, 6.07) is 2.13. The number of carbonyl (C=O) groups is 2. The molecule has 0 aromatic rings. The minimum Gasteiger partial charge on any atom is -0.369 e.